The molecule has 3 rings (SSSR count). The molecule has 2 heterocycles. The Hall–Kier alpha value is -1.58. The average Bonchev–Trinajstić information content (AvgIpc) is 2.83. The molecule has 0 amide bonds. The Kier molecular flexibility index (Phi) is 2.09. The molecule has 0 aliphatic carbocycles. The Morgan fingerprint density at radius 2 is 1.94 bits per heavy atom. The first-order valence-corrected chi connectivity index (χ1v) is 5.37. The molecular weight excluding hydrogens is 202 g/mol. The first-order valence-electron chi connectivity index (χ1n) is 5.37. The molecular formula is C13H13NO2. The molecule has 1 aromatic carbocycles. The second-order valence-corrected chi connectivity index (χ2v) is 4.07. The number of nitrogens with zero attached hydrogens (tertiary/aromatic N) is 1. The van der Waals surface area contributed by atoms with Crippen LogP contribution in [0.1, 0.15) is 22.4 Å². The van der Waals surface area contributed by atoms with Crippen LogP contribution in [0.5, 0.6) is 0 Å². The van der Waals surface area contributed by atoms with Gasteiger partial charge in [0.1, 0.15) is 0 Å². The first kappa shape index (κ1) is 9.63. The maximum absolute atomic E-state index is 9.36. The van der Waals surface area contributed by atoms with Gasteiger partial charge in [0, 0.05) is 35.1 Å². The van der Waals surface area contributed by atoms with E-state index < -0.39 is 0 Å². The van der Waals surface area contributed by atoms with Crippen LogP contribution in [-0.2, 0) is 19.6 Å². The fraction of sp³-hybridized carbons (Fsp3) is 0.231. The van der Waals surface area contributed by atoms with Crippen molar-refractivity contribution in [1.29, 1.82) is 0 Å². The SMILES string of the molecule is OCc1cn2c(c1CO)Cc1ccccc1-2. The maximum atomic E-state index is 9.36. The van der Waals surface area contributed by atoms with Gasteiger partial charge in [-0.3, -0.25) is 0 Å². The predicted molar refractivity (Wildman–Crippen MR) is 60.4 cm³/mol. The molecule has 3 nitrogen and oxygen atoms in total. The van der Waals surface area contributed by atoms with Crippen molar-refractivity contribution < 1.29 is 10.2 Å². The Labute approximate surface area is 93.6 Å². The summed E-state index contributed by atoms with van der Waals surface area (Å²) in [6.07, 6.45) is 2.76. The Morgan fingerprint density at radius 3 is 2.69 bits per heavy atom. The summed E-state index contributed by atoms with van der Waals surface area (Å²) in [7, 11) is 0. The van der Waals surface area contributed by atoms with Crippen LogP contribution in [0.25, 0.3) is 5.69 Å². The molecule has 3 heteroatoms. The van der Waals surface area contributed by atoms with Gasteiger partial charge in [-0.25, -0.2) is 0 Å². The van der Waals surface area contributed by atoms with Gasteiger partial charge in [-0.15, -0.1) is 0 Å². The van der Waals surface area contributed by atoms with Crippen molar-refractivity contribution in [2.75, 3.05) is 0 Å². The molecule has 0 spiro atoms. The largest absolute Gasteiger partial charge is 0.392 e. The molecule has 2 N–H and O–H groups in total. The molecule has 16 heavy (non-hydrogen) atoms. The quantitative estimate of drug-likeness (QED) is 0.678. The zero-order valence-corrected chi connectivity index (χ0v) is 8.85. The van der Waals surface area contributed by atoms with Crippen LogP contribution in [0.15, 0.2) is 30.5 Å². The van der Waals surface area contributed by atoms with E-state index >= 15 is 0 Å². The summed E-state index contributed by atoms with van der Waals surface area (Å²) in [5.41, 5.74) is 5.24. The highest BCUT2D eigenvalue weighted by Crippen LogP contribution is 2.32. The van der Waals surface area contributed by atoms with Gasteiger partial charge in [0.05, 0.1) is 13.2 Å². The standard InChI is InChI=1S/C13H13NO2/c15-7-10-6-14-12-4-2-1-3-9(12)5-13(14)11(10)8-16/h1-4,6,15-16H,5,7-8H2. The third kappa shape index (κ3) is 1.16. The number of para-hydroxylation sites is 1. The molecule has 0 bridgehead atoms. The monoisotopic (exact) mass is 215 g/mol. The van der Waals surface area contributed by atoms with Crippen LogP contribution in [0.4, 0.5) is 0 Å². The predicted octanol–water partition coefficient (Wildman–Crippen LogP) is 1.37. The Balaban J connectivity index is 2.22. The van der Waals surface area contributed by atoms with Gasteiger partial charge in [0.15, 0.2) is 0 Å². The first-order chi connectivity index (χ1) is 7.85. The second-order valence-electron chi connectivity index (χ2n) is 4.07. The lowest BCUT2D eigenvalue weighted by atomic mass is 10.1. The van der Waals surface area contributed by atoms with Crippen molar-refractivity contribution in [3.05, 3.63) is 52.8 Å². The van der Waals surface area contributed by atoms with E-state index in [1.54, 1.807) is 0 Å². The highest BCUT2D eigenvalue weighted by atomic mass is 16.3. The summed E-state index contributed by atoms with van der Waals surface area (Å²) >= 11 is 0. The Bertz CT molecular complexity index is 543. The minimum absolute atomic E-state index is 0.00772. The van der Waals surface area contributed by atoms with Gasteiger partial charge in [-0.2, -0.15) is 0 Å². The number of aromatic nitrogens is 1. The normalized spacial score (nSPS) is 12.6. The fourth-order valence-electron chi connectivity index (χ4n) is 2.45. The molecule has 0 saturated heterocycles. The second kappa shape index (κ2) is 3.47. The van der Waals surface area contributed by atoms with E-state index in [0.717, 1.165) is 28.9 Å². The molecule has 0 saturated carbocycles. The summed E-state index contributed by atoms with van der Waals surface area (Å²) in [6.45, 7) is -0.0235. The van der Waals surface area contributed by atoms with Crippen LogP contribution in [-0.4, -0.2) is 14.8 Å². The number of aliphatic hydroxyl groups excluding tert-OH is 2. The summed E-state index contributed by atoms with van der Waals surface area (Å²) in [4.78, 5) is 0. The zero-order chi connectivity index (χ0) is 11.1. The van der Waals surface area contributed by atoms with Crippen LogP contribution < -0.4 is 0 Å². The van der Waals surface area contributed by atoms with Crippen LogP contribution in [0, 0.1) is 0 Å². The molecule has 82 valence electrons. The topological polar surface area (TPSA) is 45.4 Å². The third-order valence-corrected chi connectivity index (χ3v) is 3.25. The number of hydrogen-bond donors (Lipinski definition) is 2. The average molecular weight is 215 g/mol. The molecule has 0 fully saturated rings. The van der Waals surface area contributed by atoms with E-state index in [0.29, 0.717) is 0 Å². The summed E-state index contributed by atoms with van der Waals surface area (Å²) in [6, 6.07) is 8.19. The molecule has 0 radical (unpaired) electrons. The highest BCUT2D eigenvalue weighted by Gasteiger charge is 2.23. The van der Waals surface area contributed by atoms with E-state index in [2.05, 4.69) is 16.7 Å². The van der Waals surface area contributed by atoms with Crippen molar-refractivity contribution in [3.63, 3.8) is 0 Å². The minimum Gasteiger partial charge on any atom is -0.392 e. The fourth-order valence-corrected chi connectivity index (χ4v) is 2.45. The smallest absolute Gasteiger partial charge is 0.0703 e. The molecule has 1 aliphatic rings. The minimum atomic E-state index is -0.0158. The van der Waals surface area contributed by atoms with Crippen molar-refractivity contribution in [1.82, 2.24) is 4.57 Å². The van der Waals surface area contributed by atoms with Gasteiger partial charge >= 0.3 is 0 Å². The lowest BCUT2D eigenvalue weighted by molar-refractivity contribution is 0.260. The van der Waals surface area contributed by atoms with E-state index in [-0.39, 0.29) is 13.2 Å². The van der Waals surface area contributed by atoms with Crippen molar-refractivity contribution >= 4 is 0 Å². The number of benzene rings is 1. The zero-order valence-electron chi connectivity index (χ0n) is 8.85. The number of fused-ring (bicyclic) bond motifs is 3. The van der Waals surface area contributed by atoms with Crippen LogP contribution in [0.2, 0.25) is 0 Å². The van der Waals surface area contributed by atoms with Crippen LogP contribution >= 0.6 is 0 Å². The number of hydrogen-bond acceptors (Lipinski definition) is 2. The summed E-state index contributed by atoms with van der Waals surface area (Å²) in [5, 5.41) is 18.6. The summed E-state index contributed by atoms with van der Waals surface area (Å²) < 4.78 is 2.08. The number of aliphatic hydroxyl groups is 2. The third-order valence-electron chi connectivity index (χ3n) is 3.25. The molecule has 0 unspecified atom stereocenters. The molecule has 0 atom stereocenters. The van der Waals surface area contributed by atoms with Crippen molar-refractivity contribution in [3.8, 4) is 5.69 Å². The van der Waals surface area contributed by atoms with Gasteiger partial charge in [0.25, 0.3) is 0 Å². The van der Waals surface area contributed by atoms with Crippen molar-refractivity contribution in [2.45, 2.75) is 19.6 Å². The lowest BCUT2D eigenvalue weighted by Crippen LogP contribution is -1.94. The molecule has 1 aliphatic heterocycles. The molecule has 1 aromatic heterocycles. The van der Waals surface area contributed by atoms with Crippen LogP contribution in [0.3, 0.4) is 0 Å². The van der Waals surface area contributed by atoms with E-state index in [9.17, 15) is 10.2 Å². The number of rotatable bonds is 2. The lowest BCUT2D eigenvalue weighted by Gasteiger charge is -2.00. The van der Waals surface area contributed by atoms with Crippen molar-refractivity contribution in [2.24, 2.45) is 0 Å². The summed E-state index contributed by atoms with van der Waals surface area (Å²) in [5.74, 6) is 0. The van der Waals surface area contributed by atoms with Gasteiger partial charge in [-0.05, 0) is 11.6 Å². The molecule has 2 aromatic rings. The van der Waals surface area contributed by atoms with Gasteiger partial charge < -0.3 is 14.8 Å². The van der Waals surface area contributed by atoms with Gasteiger partial charge in [-0.1, -0.05) is 18.2 Å². The van der Waals surface area contributed by atoms with E-state index in [4.69, 9.17) is 0 Å². The van der Waals surface area contributed by atoms with E-state index in [1.165, 1.54) is 5.56 Å². The highest BCUT2D eigenvalue weighted by molar-refractivity contribution is 5.54. The van der Waals surface area contributed by atoms with E-state index in [1.807, 2.05) is 18.3 Å². The Morgan fingerprint density at radius 1 is 1.12 bits per heavy atom. The van der Waals surface area contributed by atoms with Gasteiger partial charge in [0.2, 0.25) is 0 Å². The maximum Gasteiger partial charge on any atom is 0.0703 e.